The van der Waals surface area contributed by atoms with E-state index in [0.717, 1.165) is 24.9 Å². The predicted molar refractivity (Wildman–Crippen MR) is 81.8 cm³/mol. The van der Waals surface area contributed by atoms with E-state index < -0.39 is 0 Å². The molecule has 0 radical (unpaired) electrons. The Balaban J connectivity index is 2.44. The van der Waals surface area contributed by atoms with Gasteiger partial charge in [0.1, 0.15) is 0 Å². The van der Waals surface area contributed by atoms with Crippen molar-refractivity contribution in [3.8, 4) is 0 Å². The molecule has 1 atom stereocenters. The van der Waals surface area contributed by atoms with Gasteiger partial charge in [-0.3, -0.25) is 0 Å². The van der Waals surface area contributed by atoms with E-state index in [2.05, 4.69) is 54.2 Å². The van der Waals surface area contributed by atoms with E-state index in [4.69, 9.17) is 0 Å². The Labute approximate surface area is 118 Å². The molecule has 1 aromatic heterocycles. The second-order valence-corrected chi connectivity index (χ2v) is 7.66. The molecule has 0 aliphatic heterocycles. The molecule has 0 amide bonds. The highest BCUT2D eigenvalue weighted by Crippen LogP contribution is 2.26. The first kappa shape index (κ1) is 15.2. The van der Waals surface area contributed by atoms with Crippen molar-refractivity contribution in [2.24, 2.45) is 11.8 Å². The van der Waals surface area contributed by atoms with E-state index in [9.17, 15) is 0 Å². The normalized spacial score (nSPS) is 13.2. The Morgan fingerprint density at radius 2 is 2.12 bits per heavy atom. The lowest BCUT2D eigenvalue weighted by Crippen LogP contribution is -2.25. The summed E-state index contributed by atoms with van der Waals surface area (Å²) in [5.41, 5.74) is 0. The molecule has 0 spiro atoms. The van der Waals surface area contributed by atoms with Crippen LogP contribution in [0.25, 0.3) is 0 Å². The minimum Gasteiger partial charge on any atom is -0.316 e. The molecule has 0 saturated carbocycles. The maximum absolute atomic E-state index is 3.56. The molecule has 1 unspecified atom stereocenters. The Kier molecular flexibility index (Phi) is 7.40. The lowest BCUT2D eigenvalue weighted by molar-refractivity contribution is 0.387. The van der Waals surface area contributed by atoms with Crippen molar-refractivity contribution in [2.75, 3.05) is 13.1 Å². The predicted octanol–water partition coefficient (Wildman–Crippen LogP) is 4.72. The molecule has 0 aliphatic carbocycles. The monoisotopic (exact) mass is 317 g/mol. The van der Waals surface area contributed by atoms with Crippen molar-refractivity contribution >= 4 is 27.3 Å². The van der Waals surface area contributed by atoms with Crippen LogP contribution in [0.2, 0.25) is 0 Å². The third kappa shape index (κ3) is 6.58. The van der Waals surface area contributed by atoms with Gasteiger partial charge in [-0.15, -0.1) is 11.3 Å². The van der Waals surface area contributed by atoms with Gasteiger partial charge in [-0.05, 0) is 72.3 Å². The number of hydrogen-bond acceptors (Lipinski definition) is 2. The van der Waals surface area contributed by atoms with E-state index in [1.54, 1.807) is 0 Å². The van der Waals surface area contributed by atoms with Crippen LogP contribution in [0.5, 0.6) is 0 Å². The zero-order valence-corrected chi connectivity index (χ0v) is 13.5. The van der Waals surface area contributed by atoms with Crippen molar-refractivity contribution in [3.63, 3.8) is 0 Å². The van der Waals surface area contributed by atoms with Crippen LogP contribution in [0.3, 0.4) is 0 Å². The van der Waals surface area contributed by atoms with Crippen molar-refractivity contribution in [1.29, 1.82) is 0 Å². The molecule has 1 aromatic rings. The third-order valence-electron chi connectivity index (χ3n) is 2.78. The fraction of sp³-hybridized carbons (Fsp3) is 0.714. The molecule has 17 heavy (non-hydrogen) atoms. The Morgan fingerprint density at radius 3 is 2.65 bits per heavy atom. The first-order valence-corrected chi connectivity index (χ1v) is 8.17. The number of rotatable bonds is 8. The molecule has 0 aromatic carbocycles. The van der Waals surface area contributed by atoms with Crippen LogP contribution < -0.4 is 5.32 Å². The van der Waals surface area contributed by atoms with E-state index in [1.165, 1.54) is 27.9 Å². The standard InChI is InChI=1S/C14H24BrNS/c1-4-7-16-10-12(8-11(2)3)9-13-5-6-14(15)17-13/h5-6,11-12,16H,4,7-10H2,1-3H3. The summed E-state index contributed by atoms with van der Waals surface area (Å²) >= 11 is 5.41. The molecule has 0 aliphatic rings. The molecule has 1 nitrogen and oxygen atoms in total. The second-order valence-electron chi connectivity index (χ2n) is 5.11. The minimum atomic E-state index is 0.770. The quantitative estimate of drug-likeness (QED) is 0.684. The molecular formula is C14H24BrNS. The Bertz CT molecular complexity index is 309. The van der Waals surface area contributed by atoms with Gasteiger partial charge in [0.25, 0.3) is 0 Å². The van der Waals surface area contributed by atoms with Crippen LogP contribution in [0.1, 0.15) is 38.5 Å². The van der Waals surface area contributed by atoms with Crippen LogP contribution in [-0.2, 0) is 6.42 Å². The van der Waals surface area contributed by atoms with Crippen LogP contribution in [0.4, 0.5) is 0 Å². The lowest BCUT2D eigenvalue weighted by Gasteiger charge is -2.19. The fourth-order valence-corrected chi connectivity index (χ4v) is 3.73. The molecular weight excluding hydrogens is 294 g/mol. The highest BCUT2D eigenvalue weighted by molar-refractivity contribution is 9.11. The average molecular weight is 318 g/mol. The molecule has 1 rings (SSSR count). The van der Waals surface area contributed by atoms with Gasteiger partial charge in [-0.1, -0.05) is 20.8 Å². The summed E-state index contributed by atoms with van der Waals surface area (Å²) in [5.74, 6) is 1.55. The highest BCUT2D eigenvalue weighted by Gasteiger charge is 2.12. The SMILES string of the molecule is CCCNCC(Cc1ccc(Br)s1)CC(C)C. The van der Waals surface area contributed by atoms with Crippen molar-refractivity contribution in [1.82, 2.24) is 5.32 Å². The van der Waals surface area contributed by atoms with E-state index in [1.807, 2.05) is 11.3 Å². The molecule has 1 N–H and O–H groups in total. The third-order valence-corrected chi connectivity index (χ3v) is 4.43. The van der Waals surface area contributed by atoms with Crippen molar-refractivity contribution in [2.45, 2.75) is 40.0 Å². The number of thiophene rings is 1. The number of nitrogens with one attached hydrogen (secondary N) is 1. The zero-order valence-electron chi connectivity index (χ0n) is 11.1. The summed E-state index contributed by atoms with van der Waals surface area (Å²) < 4.78 is 1.25. The van der Waals surface area contributed by atoms with E-state index >= 15 is 0 Å². The molecule has 3 heteroatoms. The van der Waals surface area contributed by atoms with Gasteiger partial charge >= 0.3 is 0 Å². The topological polar surface area (TPSA) is 12.0 Å². The van der Waals surface area contributed by atoms with E-state index in [-0.39, 0.29) is 0 Å². The Hall–Kier alpha value is 0.140. The zero-order chi connectivity index (χ0) is 12.7. The van der Waals surface area contributed by atoms with Gasteiger partial charge in [0.2, 0.25) is 0 Å². The van der Waals surface area contributed by atoms with Crippen molar-refractivity contribution in [3.05, 3.63) is 20.8 Å². The van der Waals surface area contributed by atoms with Gasteiger partial charge in [-0.25, -0.2) is 0 Å². The molecule has 0 fully saturated rings. The average Bonchev–Trinajstić information content (AvgIpc) is 2.63. The van der Waals surface area contributed by atoms with Crippen molar-refractivity contribution < 1.29 is 0 Å². The summed E-state index contributed by atoms with van der Waals surface area (Å²) in [7, 11) is 0. The summed E-state index contributed by atoms with van der Waals surface area (Å²) in [6.45, 7) is 9.15. The molecule has 1 heterocycles. The minimum absolute atomic E-state index is 0.770. The second kappa shape index (κ2) is 8.28. The van der Waals surface area contributed by atoms with Gasteiger partial charge in [0.15, 0.2) is 0 Å². The van der Waals surface area contributed by atoms with Crippen LogP contribution in [-0.4, -0.2) is 13.1 Å². The summed E-state index contributed by atoms with van der Waals surface area (Å²) in [6.07, 6.45) is 3.75. The fourth-order valence-electron chi connectivity index (χ4n) is 2.13. The van der Waals surface area contributed by atoms with Crippen LogP contribution in [0, 0.1) is 11.8 Å². The maximum Gasteiger partial charge on any atom is 0.0701 e. The molecule has 0 saturated heterocycles. The maximum atomic E-state index is 3.56. The Morgan fingerprint density at radius 1 is 1.35 bits per heavy atom. The summed E-state index contributed by atoms with van der Waals surface area (Å²) in [5, 5.41) is 3.56. The smallest absolute Gasteiger partial charge is 0.0701 e. The largest absolute Gasteiger partial charge is 0.316 e. The molecule has 98 valence electrons. The number of hydrogen-bond donors (Lipinski definition) is 1. The van der Waals surface area contributed by atoms with Gasteiger partial charge in [0.05, 0.1) is 3.79 Å². The van der Waals surface area contributed by atoms with Crippen LogP contribution in [0.15, 0.2) is 15.9 Å². The van der Waals surface area contributed by atoms with Gasteiger partial charge < -0.3 is 5.32 Å². The lowest BCUT2D eigenvalue weighted by atomic mass is 9.93. The number of halogens is 1. The first-order chi connectivity index (χ1) is 8.11. The summed E-state index contributed by atoms with van der Waals surface area (Å²) in [6, 6.07) is 4.41. The van der Waals surface area contributed by atoms with E-state index in [0.29, 0.717) is 0 Å². The van der Waals surface area contributed by atoms with Crippen LogP contribution >= 0.6 is 27.3 Å². The molecule has 0 bridgehead atoms. The summed E-state index contributed by atoms with van der Waals surface area (Å²) in [4.78, 5) is 1.50. The first-order valence-electron chi connectivity index (χ1n) is 6.56. The van der Waals surface area contributed by atoms with Gasteiger partial charge in [-0.2, -0.15) is 0 Å². The van der Waals surface area contributed by atoms with Gasteiger partial charge in [0, 0.05) is 4.88 Å². The highest BCUT2D eigenvalue weighted by atomic mass is 79.9.